The van der Waals surface area contributed by atoms with Crippen molar-refractivity contribution in [3.63, 3.8) is 0 Å². The highest BCUT2D eigenvalue weighted by Crippen LogP contribution is 2.25. The normalized spacial score (nSPS) is 16.8. The van der Waals surface area contributed by atoms with Gasteiger partial charge in [0, 0.05) is 43.3 Å². The molecule has 5 nitrogen and oxygen atoms in total. The van der Waals surface area contributed by atoms with E-state index >= 15 is 0 Å². The van der Waals surface area contributed by atoms with Crippen molar-refractivity contribution >= 4 is 47.0 Å². The molecule has 9 heteroatoms. The second-order valence-electron chi connectivity index (χ2n) is 6.75. The van der Waals surface area contributed by atoms with Crippen LogP contribution >= 0.6 is 35.3 Å². The van der Waals surface area contributed by atoms with E-state index in [0.717, 1.165) is 48.4 Å². The molecule has 1 aromatic carbocycles. The first-order chi connectivity index (χ1) is 13.0. The van der Waals surface area contributed by atoms with Crippen LogP contribution < -0.4 is 15.5 Å². The van der Waals surface area contributed by atoms with Gasteiger partial charge >= 0.3 is 0 Å². The number of hydrogen-bond donors (Lipinski definition) is 2. The van der Waals surface area contributed by atoms with Gasteiger partial charge in [-0.25, -0.2) is 13.8 Å². The molecule has 1 saturated heterocycles. The van der Waals surface area contributed by atoms with Gasteiger partial charge < -0.3 is 15.5 Å². The zero-order valence-electron chi connectivity index (χ0n) is 16.3. The molecule has 1 atom stereocenters. The first kappa shape index (κ1) is 22.8. The SMILES string of the molecule is CN=C(NCc1sc(C)nc1C)NCC1CCN(c2ccc(F)c(F)c2)C1.I. The molecule has 0 amide bonds. The molecule has 1 fully saturated rings. The summed E-state index contributed by atoms with van der Waals surface area (Å²) in [5.74, 6) is -0.430. The van der Waals surface area contributed by atoms with Gasteiger partial charge in [0.05, 0.1) is 17.2 Å². The summed E-state index contributed by atoms with van der Waals surface area (Å²) in [6.45, 7) is 7.14. The summed E-state index contributed by atoms with van der Waals surface area (Å²) in [6, 6.07) is 4.09. The average molecular weight is 521 g/mol. The second-order valence-corrected chi connectivity index (χ2v) is 8.04. The zero-order valence-corrected chi connectivity index (χ0v) is 19.4. The van der Waals surface area contributed by atoms with Gasteiger partial charge in [-0.15, -0.1) is 35.3 Å². The van der Waals surface area contributed by atoms with Crippen molar-refractivity contribution in [1.82, 2.24) is 15.6 Å². The molecular formula is C19H26F2IN5S. The van der Waals surface area contributed by atoms with Gasteiger partial charge in [-0.2, -0.15) is 0 Å². The lowest BCUT2D eigenvalue weighted by Gasteiger charge is -2.19. The number of nitrogens with one attached hydrogen (secondary N) is 2. The fraction of sp³-hybridized carbons (Fsp3) is 0.474. The Balaban J connectivity index is 0.00000280. The van der Waals surface area contributed by atoms with Crippen LogP contribution in [0, 0.1) is 31.4 Å². The second kappa shape index (κ2) is 10.3. The van der Waals surface area contributed by atoms with Crippen LogP contribution in [-0.4, -0.2) is 37.6 Å². The standard InChI is InChI=1S/C19H25F2N5S.HI/c1-12-18(27-13(2)25-12)10-24-19(22-3)23-9-14-6-7-26(11-14)15-4-5-16(20)17(21)8-15;/h4-5,8,14H,6-7,9-11H2,1-3H3,(H2,22,23,24);1H. The molecule has 0 radical (unpaired) electrons. The van der Waals surface area contributed by atoms with Crippen molar-refractivity contribution < 1.29 is 8.78 Å². The van der Waals surface area contributed by atoms with E-state index in [-0.39, 0.29) is 24.0 Å². The van der Waals surface area contributed by atoms with Gasteiger partial charge in [-0.3, -0.25) is 4.99 Å². The Hall–Kier alpha value is -1.49. The number of halogens is 3. The van der Waals surface area contributed by atoms with Crippen molar-refractivity contribution in [3.8, 4) is 0 Å². The van der Waals surface area contributed by atoms with Crippen molar-refractivity contribution in [2.75, 3.05) is 31.6 Å². The molecule has 3 rings (SSSR count). The van der Waals surface area contributed by atoms with Gasteiger partial charge in [-0.1, -0.05) is 0 Å². The molecule has 28 heavy (non-hydrogen) atoms. The van der Waals surface area contributed by atoms with Crippen molar-refractivity contribution in [2.45, 2.75) is 26.8 Å². The first-order valence-corrected chi connectivity index (χ1v) is 9.85. The third-order valence-electron chi connectivity index (χ3n) is 4.75. The van der Waals surface area contributed by atoms with Crippen LogP contribution in [0.4, 0.5) is 14.5 Å². The summed E-state index contributed by atoms with van der Waals surface area (Å²) >= 11 is 1.69. The Morgan fingerprint density at radius 3 is 2.71 bits per heavy atom. The molecule has 2 heterocycles. The van der Waals surface area contributed by atoms with Crippen LogP contribution in [0.5, 0.6) is 0 Å². The van der Waals surface area contributed by atoms with Crippen LogP contribution in [0.3, 0.4) is 0 Å². The average Bonchev–Trinajstić information content (AvgIpc) is 3.24. The van der Waals surface area contributed by atoms with E-state index in [9.17, 15) is 8.78 Å². The smallest absolute Gasteiger partial charge is 0.191 e. The van der Waals surface area contributed by atoms with Crippen LogP contribution in [0.2, 0.25) is 0 Å². The number of guanidine groups is 1. The third-order valence-corrected chi connectivity index (χ3v) is 5.82. The molecule has 1 aromatic heterocycles. The van der Waals surface area contributed by atoms with E-state index in [2.05, 4.69) is 25.5 Å². The fourth-order valence-corrected chi connectivity index (χ4v) is 4.16. The number of rotatable bonds is 5. The number of aliphatic imine (C=N–C) groups is 1. The topological polar surface area (TPSA) is 52.6 Å². The van der Waals surface area contributed by atoms with E-state index in [1.165, 1.54) is 17.0 Å². The number of benzene rings is 1. The van der Waals surface area contributed by atoms with Crippen LogP contribution in [0.25, 0.3) is 0 Å². The molecule has 0 spiro atoms. The minimum absolute atomic E-state index is 0. The van der Waals surface area contributed by atoms with E-state index < -0.39 is 11.6 Å². The molecule has 0 bridgehead atoms. The molecule has 1 aliphatic heterocycles. The molecule has 1 unspecified atom stereocenters. The summed E-state index contributed by atoms with van der Waals surface area (Å²) in [7, 11) is 1.75. The van der Waals surface area contributed by atoms with Crippen LogP contribution in [0.15, 0.2) is 23.2 Å². The van der Waals surface area contributed by atoms with E-state index in [1.54, 1.807) is 24.5 Å². The summed E-state index contributed by atoms with van der Waals surface area (Å²) < 4.78 is 26.5. The molecule has 1 aliphatic rings. The maximum atomic E-state index is 13.4. The number of anilines is 1. The summed E-state index contributed by atoms with van der Waals surface area (Å²) in [5.41, 5.74) is 1.79. The molecule has 2 aromatic rings. The zero-order chi connectivity index (χ0) is 19.4. The highest BCUT2D eigenvalue weighted by molar-refractivity contribution is 14.0. The minimum atomic E-state index is -0.808. The minimum Gasteiger partial charge on any atom is -0.371 e. The van der Waals surface area contributed by atoms with E-state index in [0.29, 0.717) is 12.5 Å². The molecule has 0 aliphatic carbocycles. The Morgan fingerprint density at radius 1 is 1.29 bits per heavy atom. The summed E-state index contributed by atoms with van der Waals surface area (Å²) in [4.78, 5) is 12.0. The number of aromatic nitrogens is 1. The quantitative estimate of drug-likeness (QED) is 0.357. The highest BCUT2D eigenvalue weighted by Gasteiger charge is 2.23. The Kier molecular flexibility index (Phi) is 8.41. The number of nitrogens with zero attached hydrogens (tertiary/aromatic N) is 3. The molecule has 0 saturated carbocycles. The first-order valence-electron chi connectivity index (χ1n) is 9.03. The monoisotopic (exact) mass is 521 g/mol. The predicted octanol–water partition coefficient (Wildman–Crippen LogP) is 3.85. The van der Waals surface area contributed by atoms with Gasteiger partial charge in [0.2, 0.25) is 0 Å². The number of hydrogen-bond acceptors (Lipinski definition) is 4. The third kappa shape index (κ3) is 5.76. The largest absolute Gasteiger partial charge is 0.371 e. The Labute approximate surface area is 185 Å². The molecular weight excluding hydrogens is 495 g/mol. The molecule has 154 valence electrons. The van der Waals surface area contributed by atoms with Gasteiger partial charge in [0.25, 0.3) is 0 Å². The lowest BCUT2D eigenvalue weighted by Crippen LogP contribution is -2.39. The summed E-state index contributed by atoms with van der Waals surface area (Å²) in [5, 5.41) is 7.75. The maximum absolute atomic E-state index is 13.4. The Bertz CT molecular complexity index is 827. The van der Waals surface area contributed by atoms with E-state index in [4.69, 9.17) is 0 Å². The van der Waals surface area contributed by atoms with E-state index in [1.807, 2.05) is 13.8 Å². The van der Waals surface area contributed by atoms with Crippen molar-refractivity contribution in [1.29, 1.82) is 0 Å². The van der Waals surface area contributed by atoms with Crippen LogP contribution in [0.1, 0.15) is 22.0 Å². The highest BCUT2D eigenvalue weighted by atomic mass is 127. The fourth-order valence-electron chi connectivity index (χ4n) is 3.28. The number of aryl methyl sites for hydroxylation is 2. The molecule has 2 N–H and O–H groups in total. The predicted molar refractivity (Wildman–Crippen MR) is 122 cm³/mol. The van der Waals surface area contributed by atoms with Crippen molar-refractivity contribution in [3.05, 3.63) is 45.4 Å². The Morgan fingerprint density at radius 2 is 2.07 bits per heavy atom. The van der Waals surface area contributed by atoms with Crippen molar-refractivity contribution in [2.24, 2.45) is 10.9 Å². The maximum Gasteiger partial charge on any atom is 0.191 e. The lowest BCUT2D eigenvalue weighted by atomic mass is 10.1. The number of thiazole rings is 1. The lowest BCUT2D eigenvalue weighted by molar-refractivity contribution is 0.508. The van der Waals surface area contributed by atoms with Gasteiger partial charge in [0.1, 0.15) is 0 Å². The van der Waals surface area contributed by atoms with Gasteiger partial charge in [-0.05, 0) is 38.3 Å². The van der Waals surface area contributed by atoms with Crippen LogP contribution in [-0.2, 0) is 6.54 Å². The van der Waals surface area contributed by atoms with Gasteiger partial charge in [0.15, 0.2) is 17.6 Å². The summed E-state index contributed by atoms with van der Waals surface area (Å²) in [6.07, 6.45) is 0.996.